The zero-order valence-electron chi connectivity index (χ0n) is 39.2. The summed E-state index contributed by atoms with van der Waals surface area (Å²) >= 11 is 0. The van der Waals surface area contributed by atoms with Gasteiger partial charge < -0.3 is 45.3 Å². The van der Waals surface area contributed by atoms with Crippen molar-refractivity contribution in [2.45, 2.75) is 100 Å². The molecule has 13 heteroatoms. The molecule has 1 aliphatic heterocycles. The van der Waals surface area contributed by atoms with Crippen molar-refractivity contribution in [3.63, 3.8) is 0 Å². The maximum absolute atomic E-state index is 15.4. The third-order valence-corrected chi connectivity index (χ3v) is 16.6. The second-order valence-electron chi connectivity index (χ2n) is 18.9. The largest absolute Gasteiger partial charge is 0.670 e. The van der Waals surface area contributed by atoms with E-state index in [1.165, 1.54) is 10.8 Å². The summed E-state index contributed by atoms with van der Waals surface area (Å²) in [6.45, 7) is 2.14. The van der Waals surface area contributed by atoms with Gasteiger partial charge in [-0.2, -0.15) is 12.4 Å². The van der Waals surface area contributed by atoms with Crippen LogP contribution in [0.3, 0.4) is 0 Å². The van der Waals surface area contributed by atoms with Gasteiger partial charge in [-0.05, 0) is 115 Å². The number of phenolic OH excluding ortho intramolecular Hbond substituents is 3. The summed E-state index contributed by atoms with van der Waals surface area (Å²) in [7, 11) is 6.58. The Balaban J connectivity index is 1.16. The summed E-state index contributed by atoms with van der Waals surface area (Å²) < 4.78 is 12.0. The molecule has 4 atom stereocenters. The highest BCUT2D eigenvalue weighted by Crippen LogP contribution is 2.44. The summed E-state index contributed by atoms with van der Waals surface area (Å²) in [5.74, 6) is 0.218. The zero-order chi connectivity index (χ0) is 47.8. The second-order valence-corrected chi connectivity index (χ2v) is 21.4. The summed E-state index contributed by atoms with van der Waals surface area (Å²) in [5.41, 5.74) is 5.46. The van der Waals surface area contributed by atoms with E-state index in [-0.39, 0.29) is 48.1 Å². The van der Waals surface area contributed by atoms with E-state index in [1.54, 1.807) is 55.4 Å². The number of fused-ring (bicyclic) bond motifs is 2. The molecular formula is C55H64N3O8S2-. The molecule has 360 valence electrons. The van der Waals surface area contributed by atoms with Crippen LogP contribution in [0.4, 0.5) is 0 Å². The number of nitrogens with one attached hydrogen (secondary N) is 2. The molecule has 6 aromatic rings. The lowest BCUT2D eigenvalue weighted by Crippen LogP contribution is -2.41. The molecule has 7 N–H and O–H groups in total. The fourth-order valence-corrected chi connectivity index (χ4v) is 12.9. The van der Waals surface area contributed by atoms with Crippen LogP contribution in [-0.4, -0.2) is 76.2 Å². The van der Waals surface area contributed by atoms with E-state index in [1.807, 2.05) is 49.5 Å². The molecule has 0 saturated heterocycles. The van der Waals surface area contributed by atoms with E-state index in [4.69, 9.17) is 9.47 Å². The Morgan fingerprint density at radius 2 is 1.68 bits per heavy atom. The van der Waals surface area contributed by atoms with Gasteiger partial charge in [-0.15, -0.1) is 0 Å². The average Bonchev–Trinajstić information content (AvgIpc) is 3.85. The van der Waals surface area contributed by atoms with E-state index in [9.17, 15) is 25.5 Å². The van der Waals surface area contributed by atoms with Crippen LogP contribution in [0.5, 0.6) is 28.7 Å². The monoisotopic (exact) mass is 958 g/mol. The highest BCUT2D eigenvalue weighted by Gasteiger charge is 2.36. The Morgan fingerprint density at radius 3 is 2.46 bits per heavy atom. The van der Waals surface area contributed by atoms with E-state index in [0.29, 0.717) is 54.4 Å². The van der Waals surface area contributed by atoms with Gasteiger partial charge in [-0.25, -0.2) is 0 Å². The van der Waals surface area contributed by atoms with Crippen molar-refractivity contribution in [2.75, 3.05) is 33.2 Å². The first-order chi connectivity index (χ1) is 32.9. The molecule has 0 radical (unpaired) electrons. The van der Waals surface area contributed by atoms with E-state index in [0.717, 1.165) is 81.8 Å². The number of methoxy groups -OCH3 is 1. The summed E-state index contributed by atoms with van der Waals surface area (Å²) in [6, 6.07) is 28.8. The fraction of sp³-hybridized carbons (Fsp3) is 0.400. The normalized spacial score (nSPS) is 19.0. The first kappa shape index (κ1) is 49.3. The zero-order valence-corrected chi connectivity index (χ0v) is 40.8. The Labute approximate surface area is 407 Å². The van der Waals surface area contributed by atoms with Crippen LogP contribution in [0, 0.1) is 5.92 Å². The molecule has 1 fully saturated rings. The maximum Gasteiger partial charge on any atom is 0.167 e. The van der Waals surface area contributed by atoms with Gasteiger partial charge in [0.15, 0.2) is 23.0 Å². The Morgan fingerprint density at radius 1 is 0.897 bits per heavy atom. The predicted molar refractivity (Wildman–Crippen MR) is 272 cm³/mol. The van der Waals surface area contributed by atoms with Gasteiger partial charge >= 0.3 is 0 Å². The number of aliphatic hydroxyl groups excluding tert-OH is 1. The first-order valence-corrected chi connectivity index (χ1v) is 26.1. The van der Waals surface area contributed by atoms with Crippen molar-refractivity contribution in [3.05, 3.63) is 148 Å². The number of ketones is 1. The van der Waals surface area contributed by atoms with E-state index in [2.05, 4.69) is 45.9 Å². The van der Waals surface area contributed by atoms with Gasteiger partial charge in [0, 0.05) is 53.5 Å². The molecule has 0 amide bonds. The van der Waals surface area contributed by atoms with Crippen LogP contribution in [0.15, 0.2) is 103 Å². The number of phenols is 3. The van der Waals surface area contributed by atoms with Crippen molar-refractivity contribution in [1.29, 1.82) is 0 Å². The lowest BCUT2D eigenvalue weighted by molar-refractivity contribution is -0.123. The van der Waals surface area contributed by atoms with E-state index >= 15 is 4.79 Å². The van der Waals surface area contributed by atoms with Crippen LogP contribution in [0.2, 0.25) is 0 Å². The smallest absolute Gasteiger partial charge is 0.167 e. The van der Waals surface area contributed by atoms with Crippen molar-refractivity contribution in [1.82, 2.24) is 15.6 Å². The number of rotatable bonds is 16. The third kappa shape index (κ3) is 11.5. The number of aromatic hydroxyl groups is 3. The summed E-state index contributed by atoms with van der Waals surface area (Å²) in [4.78, 5) is 19.7. The minimum Gasteiger partial charge on any atom is -0.670 e. The number of ether oxygens (including phenoxy) is 2. The van der Waals surface area contributed by atoms with Gasteiger partial charge in [0.05, 0.1) is 18.8 Å². The molecular weight excluding hydrogens is 895 g/mol. The van der Waals surface area contributed by atoms with Crippen molar-refractivity contribution in [3.8, 4) is 28.7 Å². The average molecular weight is 959 g/mol. The molecule has 0 spiro atoms. The molecule has 1 aliphatic carbocycles. The standard InChI is InChI=1S/C55H64N3O8S2/c1-54(64)32-58-34-66-53-47(31-67-68-33-54)39(15-17-49(53)61)26-45(40-24-42(28-43(59)25-40)55(56-2)19-7-4-8-20-55)51(63)29-50(62)41(22-35-18-21-57-30-35)23-38-14-16-48(60)52(65-3)46(38)27-37-12-9-11-36-10-5-6-13-44(36)37/h5-6,9-18,21,24-25,28,30,41,45,50,56,58-62,64H,4,7-8,19-20,22-23,26-27,29,31-34H2,1-3H3/q-1/t41-,45-,50-,54-/m1/s1. The minimum atomic E-state index is -1.10. The number of benzene rings is 5. The highest BCUT2D eigenvalue weighted by atomic mass is 33.1. The fourth-order valence-electron chi connectivity index (χ4n) is 10.3. The van der Waals surface area contributed by atoms with Crippen LogP contribution in [0.1, 0.15) is 95.9 Å². The lowest BCUT2D eigenvalue weighted by Gasteiger charge is -2.38. The first-order valence-electron chi connectivity index (χ1n) is 23.6. The predicted octanol–water partition coefficient (Wildman–Crippen LogP) is 9.21. The van der Waals surface area contributed by atoms with E-state index < -0.39 is 23.5 Å². The Bertz CT molecular complexity index is 2660. The number of aromatic nitrogens is 1. The molecule has 5 aromatic carbocycles. The maximum atomic E-state index is 15.4. The van der Waals surface area contributed by atoms with Crippen LogP contribution < -0.4 is 25.1 Å². The molecule has 8 rings (SSSR count). The summed E-state index contributed by atoms with van der Waals surface area (Å²) in [5, 5.41) is 66.2. The third-order valence-electron chi connectivity index (χ3n) is 14.0. The number of hydrogen-bond acceptors (Lipinski definition) is 12. The molecule has 11 nitrogen and oxygen atoms in total. The van der Waals surface area contributed by atoms with Crippen molar-refractivity contribution < 1.29 is 39.8 Å². The quantitative estimate of drug-likeness (QED) is 0.0458. The molecule has 1 aromatic heterocycles. The number of aliphatic hydroxyl groups is 2. The highest BCUT2D eigenvalue weighted by molar-refractivity contribution is 8.76. The van der Waals surface area contributed by atoms with Crippen molar-refractivity contribution in [2.24, 2.45) is 5.92 Å². The van der Waals surface area contributed by atoms with Crippen LogP contribution in [0.25, 0.3) is 10.8 Å². The molecule has 2 heterocycles. The Hall–Kier alpha value is -5.15. The molecule has 0 unspecified atom stereocenters. The molecule has 68 heavy (non-hydrogen) atoms. The topological polar surface area (TPSA) is 175 Å². The van der Waals surface area contributed by atoms with Gasteiger partial charge in [0.25, 0.3) is 0 Å². The Kier molecular flexibility index (Phi) is 16.0. The van der Waals surface area contributed by atoms with Crippen LogP contribution in [-0.2, 0) is 41.8 Å². The van der Waals surface area contributed by atoms with Gasteiger partial charge in [0.1, 0.15) is 18.3 Å². The van der Waals surface area contributed by atoms with Gasteiger partial charge in [0.2, 0.25) is 0 Å². The SMILES string of the molecule is CNC1(c2cc(O)cc([C@@H](Cc3ccc(O)c4c3CSSC[C@](C)(O)CNCO4)C(=O)C[C@@H](O)[C@H](Cc3cc[n-]c3)Cc3ccc(O)c(OC)c3Cc3cccc4ccccc34)c2)CCCCC1. The summed E-state index contributed by atoms with van der Waals surface area (Å²) in [6.07, 6.45) is 8.73. The van der Waals surface area contributed by atoms with Crippen molar-refractivity contribution >= 4 is 38.1 Å². The van der Waals surface area contributed by atoms with Gasteiger partial charge in [-0.1, -0.05) is 113 Å². The lowest BCUT2D eigenvalue weighted by atomic mass is 9.74. The minimum absolute atomic E-state index is 0.0237. The molecule has 0 bridgehead atoms. The number of β-amino-alcohol motifs (C(OH)–C–C–N with tert-alkyl or cyclic N) is 1. The number of nitrogens with zero attached hydrogens (tertiary/aromatic N) is 1. The number of carbonyl (C=O) groups excluding carboxylic acids is 1. The van der Waals surface area contributed by atoms with Gasteiger partial charge in [-0.3, -0.25) is 10.1 Å². The molecule has 1 saturated carbocycles. The number of carbonyl (C=O) groups is 1. The van der Waals surface area contributed by atoms with Crippen LogP contribution >= 0.6 is 21.6 Å². The second kappa shape index (κ2) is 22.1. The molecule has 2 aliphatic rings. The number of Topliss-reactive ketones (excluding diaryl/α,β-unsaturated/α-hetero) is 1. The number of hydrogen-bond donors (Lipinski definition) is 7.